The molecule has 32 heavy (non-hydrogen) atoms. The van der Waals surface area contributed by atoms with Gasteiger partial charge in [-0.15, -0.1) is 34.2 Å². The molecule has 0 fully saturated rings. The van der Waals surface area contributed by atoms with Crippen LogP contribution in [0, 0.1) is 12.8 Å². The Balaban J connectivity index is 0.00000512. The van der Waals surface area contributed by atoms with E-state index >= 15 is 0 Å². The van der Waals surface area contributed by atoms with Gasteiger partial charge in [0.15, 0.2) is 11.8 Å². The van der Waals surface area contributed by atoms with Crippen molar-refractivity contribution in [3.05, 3.63) is 41.5 Å². The molecule has 0 amide bonds. The van der Waals surface area contributed by atoms with Crippen LogP contribution >= 0.6 is 24.0 Å². The summed E-state index contributed by atoms with van der Waals surface area (Å²) in [4.78, 5) is 4.72. The van der Waals surface area contributed by atoms with Gasteiger partial charge in [0.2, 0.25) is 0 Å². The van der Waals surface area contributed by atoms with E-state index in [1.54, 1.807) is 0 Å². The van der Waals surface area contributed by atoms with Crippen molar-refractivity contribution >= 4 is 29.9 Å². The fraction of sp³-hybridized carbons (Fsp3) is 0.609. The maximum atomic E-state index is 5.79. The van der Waals surface area contributed by atoms with E-state index in [1.807, 2.05) is 37.6 Å². The van der Waals surface area contributed by atoms with Crippen LogP contribution in [-0.2, 0) is 18.3 Å². The zero-order chi connectivity index (χ0) is 22.6. The highest BCUT2D eigenvalue weighted by molar-refractivity contribution is 14.0. The minimum Gasteiger partial charge on any atom is -0.493 e. The van der Waals surface area contributed by atoms with Gasteiger partial charge >= 0.3 is 0 Å². The molecular formula is C23H39IN6O2. The third-order valence-electron chi connectivity index (χ3n) is 4.84. The number of nitrogens with zero attached hydrogens (tertiary/aromatic N) is 4. The topological polar surface area (TPSA) is 85.6 Å². The van der Waals surface area contributed by atoms with Crippen LogP contribution in [0.2, 0.25) is 0 Å². The van der Waals surface area contributed by atoms with Gasteiger partial charge in [0.1, 0.15) is 18.1 Å². The molecule has 9 heteroatoms. The Morgan fingerprint density at radius 3 is 2.47 bits per heavy atom. The number of hydrogen-bond acceptors (Lipinski definition) is 5. The number of halogens is 1. The molecular weight excluding hydrogens is 519 g/mol. The summed E-state index contributed by atoms with van der Waals surface area (Å²) in [6.07, 6.45) is 0.911. The number of benzene rings is 1. The number of aromatic nitrogens is 3. The lowest BCUT2D eigenvalue weighted by molar-refractivity contribution is 0.145. The molecule has 0 bridgehead atoms. The number of hydrogen-bond donors (Lipinski definition) is 2. The van der Waals surface area contributed by atoms with E-state index in [9.17, 15) is 0 Å². The van der Waals surface area contributed by atoms with Gasteiger partial charge in [-0.3, -0.25) is 0 Å². The van der Waals surface area contributed by atoms with Crippen molar-refractivity contribution in [1.82, 2.24) is 25.4 Å². The van der Waals surface area contributed by atoms with Gasteiger partial charge in [0.05, 0.1) is 12.6 Å². The van der Waals surface area contributed by atoms with Crippen molar-refractivity contribution in [1.29, 1.82) is 0 Å². The molecule has 1 aromatic carbocycles. The second kappa shape index (κ2) is 15.0. The number of rotatable bonds is 12. The van der Waals surface area contributed by atoms with Crippen molar-refractivity contribution < 1.29 is 9.47 Å². The fourth-order valence-corrected chi connectivity index (χ4v) is 2.82. The van der Waals surface area contributed by atoms with Gasteiger partial charge in [-0.25, -0.2) is 4.99 Å². The second-order valence-corrected chi connectivity index (χ2v) is 8.00. The van der Waals surface area contributed by atoms with E-state index < -0.39 is 0 Å². The molecule has 1 atom stereocenters. The number of aliphatic imine (C=N–C) groups is 1. The highest BCUT2D eigenvalue weighted by Crippen LogP contribution is 2.18. The third kappa shape index (κ3) is 9.72. The fourth-order valence-electron chi connectivity index (χ4n) is 2.82. The SMILES string of the molecule is CCOCCCNC(=NCc1nnc(C)n1C)NC(C)c1ccc(OCC(C)C)cc1.I. The molecule has 0 aliphatic carbocycles. The lowest BCUT2D eigenvalue weighted by atomic mass is 10.1. The summed E-state index contributed by atoms with van der Waals surface area (Å²) >= 11 is 0. The Hall–Kier alpha value is -1.88. The summed E-state index contributed by atoms with van der Waals surface area (Å²) in [5.41, 5.74) is 1.16. The van der Waals surface area contributed by atoms with E-state index in [-0.39, 0.29) is 30.0 Å². The lowest BCUT2D eigenvalue weighted by Gasteiger charge is -2.19. The Labute approximate surface area is 209 Å². The number of nitrogens with one attached hydrogen (secondary N) is 2. The molecule has 0 aliphatic heterocycles. The largest absolute Gasteiger partial charge is 0.493 e. The first-order valence-corrected chi connectivity index (χ1v) is 11.1. The van der Waals surface area contributed by atoms with Gasteiger partial charge < -0.3 is 24.7 Å². The van der Waals surface area contributed by atoms with Crippen LogP contribution in [0.5, 0.6) is 5.75 Å². The van der Waals surface area contributed by atoms with E-state index in [1.165, 1.54) is 0 Å². The standard InChI is InChI=1S/C23H38N6O2.HI/c1-7-30-14-8-13-24-23(25-15-22-28-27-19(5)29(22)6)26-18(4)20-9-11-21(12-10-20)31-16-17(2)3;/h9-12,17-18H,7-8,13-16H2,1-6H3,(H2,24,25,26);1H. The third-order valence-corrected chi connectivity index (χ3v) is 4.84. The Kier molecular flexibility index (Phi) is 13.2. The molecule has 1 aromatic heterocycles. The first-order valence-electron chi connectivity index (χ1n) is 11.1. The first kappa shape index (κ1) is 28.2. The van der Waals surface area contributed by atoms with Crippen LogP contribution in [-0.4, -0.2) is 47.1 Å². The molecule has 0 radical (unpaired) electrons. The van der Waals surface area contributed by atoms with E-state index in [4.69, 9.17) is 14.5 Å². The average molecular weight is 559 g/mol. The maximum Gasteiger partial charge on any atom is 0.192 e. The van der Waals surface area contributed by atoms with Crippen molar-refractivity contribution in [2.45, 2.75) is 53.6 Å². The van der Waals surface area contributed by atoms with E-state index in [2.05, 4.69) is 53.7 Å². The van der Waals surface area contributed by atoms with Crippen LogP contribution in [0.25, 0.3) is 0 Å². The Bertz CT molecular complexity index is 807. The maximum absolute atomic E-state index is 5.79. The summed E-state index contributed by atoms with van der Waals surface area (Å²) in [5, 5.41) is 15.2. The Morgan fingerprint density at radius 2 is 1.88 bits per heavy atom. The second-order valence-electron chi connectivity index (χ2n) is 8.00. The molecule has 0 aliphatic rings. The molecule has 1 heterocycles. The smallest absolute Gasteiger partial charge is 0.192 e. The quantitative estimate of drug-likeness (QED) is 0.177. The van der Waals surface area contributed by atoms with Crippen molar-refractivity contribution in [2.75, 3.05) is 26.4 Å². The van der Waals surface area contributed by atoms with Gasteiger partial charge in [-0.05, 0) is 50.8 Å². The van der Waals surface area contributed by atoms with Crippen LogP contribution < -0.4 is 15.4 Å². The first-order chi connectivity index (χ1) is 14.9. The Morgan fingerprint density at radius 1 is 1.16 bits per heavy atom. The lowest BCUT2D eigenvalue weighted by Crippen LogP contribution is -2.39. The zero-order valence-corrected chi connectivity index (χ0v) is 22.6. The van der Waals surface area contributed by atoms with E-state index in [0.717, 1.165) is 61.7 Å². The number of guanidine groups is 1. The molecule has 0 saturated heterocycles. The molecule has 8 nitrogen and oxygen atoms in total. The minimum absolute atomic E-state index is 0. The van der Waals surface area contributed by atoms with Crippen molar-refractivity contribution in [3.8, 4) is 5.75 Å². The van der Waals surface area contributed by atoms with Crippen molar-refractivity contribution in [2.24, 2.45) is 18.0 Å². The molecule has 2 rings (SSSR count). The molecule has 180 valence electrons. The minimum atomic E-state index is 0. The highest BCUT2D eigenvalue weighted by atomic mass is 127. The van der Waals surface area contributed by atoms with Gasteiger partial charge in [-0.1, -0.05) is 26.0 Å². The van der Waals surface area contributed by atoms with Gasteiger partial charge in [0.25, 0.3) is 0 Å². The summed E-state index contributed by atoms with van der Waals surface area (Å²) in [6.45, 7) is 13.8. The normalized spacial score (nSPS) is 12.4. The number of aryl methyl sites for hydroxylation is 1. The van der Waals surface area contributed by atoms with Crippen LogP contribution in [0.1, 0.15) is 57.4 Å². The zero-order valence-electron chi connectivity index (χ0n) is 20.2. The predicted octanol–water partition coefficient (Wildman–Crippen LogP) is 4.00. The molecule has 2 N–H and O–H groups in total. The van der Waals surface area contributed by atoms with Crippen molar-refractivity contribution in [3.63, 3.8) is 0 Å². The van der Waals surface area contributed by atoms with Gasteiger partial charge in [0, 0.05) is 26.8 Å². The van der Waals surface area contributed by atoms with E-state index in [0.29, 0.717) is 12.5 Å². The summed E-state index contributed by atoms with van der Waals surface area (Å²) in [7, 11) is 1.95. The van der Waals surface area contributed by atoms with Gasteiger partial charge in [-0.2, -0.15) is 0 Å². The van der Waals surface area contributed by atoms with Crippen LogP contribution in [0.15, 0.2) is 29.3 Å². The molecule has 0 spiro atoms. The van der Waals surface area contributed by atoms with Crippen LogP contribution in [0.4, 0.5) is 0 Å². The van der Waals surface area contributed by atoms with Crippen LogP contribution in [0.3, 0.4) is 0 Å². The monoisotopic (exact) mass is 558 g/mol. The molecule has 0 saturated carbocycles. The number of ether oxygens (including phenoxy) is 2. The summed E-state index contributed by atoms with van der Waals surface area (Å²) in [5.74, 6) is 3.84. The molecule has 1 unspecified atom stereocenters. The average Bonchev–Trinajstić information content (AvgIpc) is 3.08. The summed E-state index contributed by atoms with van der Waals surface area (Å²) < 4.78 is 13.2. The summed E-state index contributed by atoms with van der Waals surface area (Å²) in [6, 6.07) is 8.30. The highest BCUT2D eigenvalue weighted by Gasteiger charge is 2.10. The predicted molar refractivity (Wildman–Crippen MR) is 140 cm³/mol. The molecule has 2 aromatic rings.